The van der Waals surface area contributed by atoms with E-state index in [2.05, 4.69) is 9.98 Å². The van der Waals surface area contributed by atoms with E-state index >= 15 is 0 Å². The average Bonchev–Trinajstić information content (AvgIpc) is 3.53. The third-order valence-electron chi connectivity index (χ3n) is 5.96. The summed E-state index contributed by atoms with van der Waals surface area (Å²) in [7, 11) is 3.02. The molecule has 0 N–H and O–H groups in total. The van der Waals surface area contributed by atoms with Gasteiger partial charge in [-0.25, -0.2) is 0 Å². The molecule has 0 radical (unpaired) electrons. The molecular weight excluding hydrogens is 463 g/mol. The largest absolute Gasteiger partial charge is 2.00 e. The maximum absolute atomic E-state index is 11.8. The number of nitrogens with zero attached hydrogens (tertiary/aromatic N) is 2. The molecule has 6 nitrogen and oxygen atoms in total. The summed E-state index contributed by atoms with van der Waals surface area (Å²) in [6.45, 7) is 0. The quantitative estimate of drug-likeness (QED) is 0.443. The molecule has 0 unspecified atom stereocenters. The fourth-order valence-electron chi connectivity index (χ4n) is 4.07. The van der Waals surface area contributed by atoms with Gasteiger partial charge in [0, 0.05) is 24.5 Å². The molecule has 4 rings (SSSR count). The van der Waals surface area contributed by atoms with Gasteiger partial charge in [0.25, 0.3) is 0 Å². The molecular formula is C26H32N2NiO4. The molecule has 2 saturated carbocycles. The average molecular weight is 495 g/mol. The van der Waals surface area contributed by atoms with Crippen molar-refractivity contribution in [3.63, 3.8) is 0 Å². The molecule has 0 heterocycles. The van der Waals surface area contributed by atoms with E-state index in [1.807, 2.05) is 12.1 Å². The monoisotopic (exact) mass is 494 g/mol. The molecule has 0 saturated heterocycles. The summed E-state index contributed by atoms with van der Waals surface area (Å²) < 4.78 is 9.97. The van der Waals surface area contributed by atoms with Gasteiger partial charge in [0.2, 0.25) is 0 Å². The fraction of sp³-hybridized carbons (Fsp3) is 0.462. The topological polar surface area (TPSA) is 89.3 Å². The molecule has 0 bridgehead atoms. The van der Waals surface area contributed by atoms with Crippen LogP contribution in [0.4, 0.5) is 0 Å². The van der Waals surface area contributed by atoms with E-state index in [-0.39, 0.29) is 28.0 Å². The summed E-state index contributed by atoms with van der Waals surface area (Å²) in [5, 5.41) is 23.6. The number of rotatable bonds is 6. The van der Waals surface area contributed by atoms with Crippen LogP contribution < -0.4 is 19.7 Å². The number of para-hydroxylation sites is 2. The number of ether oxygens (including phenoxy) is 2. The molecule has 33 heavy (non-hydrogen) atoms. The van der Waals surface area contributed by atoms with Crippen molar-refractivity contribution >= 4 is 12.4 Å². The zero-order chi connectivity index (χ0) is 22.8. The van der Waals surface area contributed by atoms with Crippen molar-refractivity contribution < 1.29 is 36.2 Å². The SMILES string of the molecule is COc1cccc(C=NC2CCCC2)c1[O-].COc1cccc(C=NC2CCCC2)c1[O-].[Ni+2]. The molecule has 7 heteroatoms. The van der Waals surface area contributed by atoms with Crippen molar-refractivity contribution in [1.29, 1.82) is 0 Å². The van der Waals surface area contributed by atoms with Crippen molar-refractivity contribution in [3.05, 3.63) is 47.5 Å². The molecule has 0 atom stereocenters. The van der Waals surface area contributed by atoms with Crippen LogP contribution in [0.5, 0.6) is 23.0 Å². The van der Waals surface area contributed by atoms with Crippen LogP contribution in [-0.4, -0.2) is 38.7 Å². The summed E-state index contributed by atoms with van der Waals surface area (Å²) in [4.78, 5) is 8.90. The van der Waals surface area contributed by atoms with Crippen molar-refractivity contribution in [2.75, 3.05) is 14.2 Å². The van der Waals surface area contributed by atoms with Gasteiger partial charge in [-0.05, 0) is 48.9 Å². The molecule has 0 aliphatic heterocycles. The van der Waals surface area contributed by atoms with Gasteiger partial charge < -0.3 is 19.7 Å². The van der Waals surface area contributed by atoms with Crippen molar-refractivity contribution in [3.8, 4) is 23.0 Å². The Hall–Kier alpha value is -2.53. The first-order valence-corrected chi connectivity index (χ1v) is 11.4. The van der Waals surface area contributed by atoms with E-state index < -0.39 is 0 Å². The Morgan fingerprint density at radius 3 is 1.39 bits per heavy atom. The summed E-state index contributed by atoms with van der Waals surface area (Å²) in [5.74, 6) is 0.615. The first-order chi connectivity index (χ1) is 15.6. The molecule has 2 aliphatic rings. The first-order valence-electron chi connectivity index (χ1n) is 11.4. The predicted octanol–water partition coefficient (Wildman–Crippen LogP) is 4.26. The fourth-order valence-corrected chi connectivity index (χ4v) is 4.07. The van der Waals surface area contributed by atoms with E-state index in [4.69, 9.17) is 9.47 Å². The smallest absolute Gasteiger partial charge is 0.870 e. The van der Waals surface area contributed by atoms with Gasteiger partial charge >= 0.3 is 16.5 Å². The third-order valence-corrected chi connectivity index (χ3v) is 5.96. The van der Waals surface area contributed by atoms with Crippen LogP contribution in [0.3, 0.4) is 0 Å². The minimum atomic E-state index is -0.0771. The van der Waals surface area contributed by atoms with Crippen LogP contribution in [0, 0.1) is 0 Å². The second-order valence-corrected chi connectivity index (χ2v) is 8.19. The molecule has 0 amide bonds. The third kappa shape index (κ3) is 7.78. The molecule has 2 aromatic rings. The van der Waals surface area contributed by atoms with Crippen molar-refractivity contribution in [2.45, 2.75) is 63.5 Å². The summed E-state index contributed by atoms with van der Waals surface area (Å²) in [6.07, 6.45) is 13.0. The summed E-state index contributed by atoms with van der Waals surface area (Å²) in [6, 6.07) is 11.4. The molecule has 2 aromatic carbocycles. The Morgan fingerprint density at radius 2 is 1.06 bits per heavy atom. The zero-order valence-corrected chi connectivity index (χ0v) is 20.3. The molecule has 2 aliphatic carbocycles. The van der Waals surface area contributed by atoms with Crippen LogP contribution in [0.1, 0.15) is 62.5 Å². The summed E-state index contributed by atoms with van der Waals surface area (Å²) in [5.41, 5.74) is 1.23. The van der Waals surface area contributed by atoms with Gasteiger partial charge in [-0.1, -0.05) is 61.4 Å². The van der Waals surface area contributed by atoms with Crippen LogP contribution in [0.25, 0.3) is 0 Å². The Morgan fingerprint density at radius 1 is 0.697 bits per heavy atom. The van der Waals surface area contributed by atoms with E-state index in [9.17, 15) is 10.2 Å². The number of benzene rings is 2. The Balaban J connectivity index is 0.000000227. The van der Waals surface area contributed by atoms with E-state index in [1.54, 1.807) is 36.7 Å². The van der Waals surface area contributed by atoms with Gasteiger partial charge in [0.05, 0.1) is 14.2 Å². The maximum Gasteiger partial charge on any atom is 2.00 e. The van der Waals surface area contributed by atoms with Crippen LogP contribution in [-0.2, 0) is 16.5 Å². The number of aliphatic imine (C=N–C) groups is 2. The van der Waals surface area contributed by atoms with Crippen molar-refractivity contribution in [2.24, 2.45) is 9.98 Å². The standard InChI is InChI=1S/2C13H17NO2.Ni/c2*1-16-12-8-4-5-10(13(12)15)9-14-11-6-2-3-7-11;/h2*4-5,8-9,11,15H,2-3,6-7H2,1H3;/q;;+2/p-2. The van der Waals surface area contributed by atoms with Crippen LogP contribution in [0.2, 0.25) is 0 Å². The number of hydrogen-bond donors (Lipinski definition) is 0. The minimum absolute atomic E-state index is 0. The first kappa shape index (κ1) is 26.7. The number of hydrogen-bond acceptors (Lipinski definition) is 6. The normalized spacial score (nSPS) is 16.5. The second kappa shape index (κ2) is 13.9. The van der Waals surface area contributed by atoms with Gasteiger partial charge in [0.1, 0.15) is 11.5 Å². The maximum atomic E-state index is 11.8. The van der Waals surface area contributed by atoms with E-state index in [1.165, 1.54) is 39.9 Å². The van der Waals surface area contributed by atoms with E-state index in [0.717, 1.165) is 25.7 Å². The Bertz CT molecular complexity index is 845. The minimum Gasteiger partial charge on any atom is -0.870 e. The van der Waals surface area contributed by atoms with Crippen molar-refractivity contribution in [1.82, 2.24) is 0 Å². The van der Waals surface area contributed by atoms with Crippen LogP contribution in [0.15, 0.2) is 46.4 Å². The molecule has 0 spiro atoms. The van der Waals surface area contributed by atoms with Gasteiger partial charge in [-0.2, -0.15) is 0 Å². The van der Waals surface area contributed by atoms with E-state index in [0.29, 0.717) is 34.7 Å². The second-order valence-electron chi connectivity index (χ2n) is 8.19. The van der Waals surface area contributed by atoms with Gasteiger partial charge in [-0.15, -0.1) is 0 Å². The molecule has 2 fully saturated rings. The Kier molecular flexibility index (Phi) is 11.3. The van der Waals surface area contributed by atoms with Gasteiger partial charge in [-0.3, -0.25) is 9.98 Å². The van der Waals surface area contributed by atoms with Crippen LogP contribution >= 0.6 is 0 Å². The number of methoxy groups -OCH3 is 2. The summed E-state index contributed by atoms with van der Waals surface area (Å²) >= 11 is 0. The zero-order valence-electron chi connectivity index (χ0n) is 19.3. The molecule has 0 aromatic heterocycles. The molecule has 180 valence electrons. The van der Waals surface area contributed by atoms with Gasteiger partial charge in [0.15, 0.2) is 0 Å². The Labute approximate surface area is 206 Å². The predicted molar refractivity (Wildman–Crippen MR) is 125 cm³/mol.